The quantitative estimate of drug-likeness (QED) is 0.649. The molecule has 3 fully saturated rings. The van der Waals surface area contributed by atoms with Crippen molar-refractivity contribution in [2.45, 2.75) is 36.9 Å². The van der Waals surface area contributed by atoms with Gasteiger partial charge in [-0.3, -0.25) is 0 Å². The van der Waals surface area contributed by atoms with E-state index in [-0.39, 0.29) is 23.9 Å². The monoisotopic (exact) mass is 241 g/mol. The number of nitrogens with zero attached hydrogens (tertiary/aromatic N) is 1. The first kappa shape index (κ1) is 9.89. The van der Waals surface area contributed by atoms with Gasteiger partial charge in [-0.1, -0.05) is 0 Å². The highest BCUT2D eigenvalue weighted by atomic mass is 32.2. The molecule has 86 valence electrons. The molecular weight excluding hydrogens is 231 g/mol. The lowest BCUT2D eigenvalue weighted by atomic mass is 10.0. The highest BCUT2D eigenvalue weighted by molar-refractivity contribution is 7.90. The number of alkyl halides is 3. The van der Waals surface area contributed by atoms with Crippen LogP contribution in [-0.4, -0.2) is 30.3 Å². The number of piperidine rings is 1. The van der Waals surface area contributed by atoms with Crippen molar-refractivity contribution in [3.8, 4) is 0 Å². The van der Waals surface area contributed by atoms with Crippen molar-refractivity contribution >= 4 is 10.0 Å². The minimum atomic E-state index is -5.13. The molecule has 3 aliphatic rings. The minimum absolute atomic E-state index is 0.178. The lowest BCUT2D eigenvalue weighted by Gasteiger charge is -2.14. The lowest BCUT2D eigenvalue weighted by molar-refractivity contribution is -0.0472. The molecular formula is C8H10F3NO2S. The average Bonchev–Trinajstić information content (AvgIpc) is 2.57. The molecule has 1 saturated heterocycles. The molecule has 2 saturated carbocycles. The molecule has 0 aromatic carbocycles. The van der Waals surface area contributed by atoms with Crippen molar-refractivity contribution in [1.29, 1.82) is 0 Å². The van der Waals surface area contributed by atoms with Gasteiger partial charge in [0.15, 0.2) is 0 Å². The molecule has 5 atom stereocenters. The summed E-state index contributed by atoms with van der Waals surface area (Å²) in [5, 5.41) is 0. The van der Waals surface area contributed by atoms with Crippen molar-refractivity contribution in [3.63, 3.8) is 0 Å². The van der Waals surface area contributed by atoms with Gasteiger partial charge in [0.1, 0.15) is 0 Å². The fourth-order valence-electron chi connectivity index (χ4n) is 3.33. The van der Waals surface area contributed by atoms with Gasteiger partial charge in [-0.25, -0.2) is 8.42 Å². The summed E-state index contributed by atoms with van der Waals surface area (Å²) < 4.78 is 59.8. The summed E-state index contributed by atoms with van der Waals surface area (Å²) in [7, 11) is -5.05. The fourth-order valence-corrected chi connectivity index (χ4v) is 4.75. The molecule has 0 radical (unpaired) electrons. The van der Waals surface area contributed by atoms with E-state index in [1.54, 1.807) is 0 Å². The second kappa shape index (κ2) is 2.51. The Morgan fingerprint density at radius 2 is 1.53 bits per heavy atom. The van der Waals surface area contributed by atoms with E-state index in [2.05, 4.69) is 0 Å². The molecule has 7 heteroatoms. The Kier molecular flexibility index (Phi) is 1.65. The van der Waals surface area contributed by atoms with Crippen molar-refractivity contribution in [3.05, 3.63) is 0 Å². The predicted molar refractivity (Wildman–Crippen MR) is 45.2 cm³/mol. The summed E-state index contributed by atoms with van der Waals surface area (Å²) >= 11 is 0. The number of hydrogen-bond acceptors (Lipinski definition) is 2. The maximum absolute atomic E-state index is 12.3. The van der Waals surface area contributed by atoms with Crippen LogP contribution in [0.15, 0.2) is 0 Å². The topological polar surface area (TPSA) is 37.1 Å². The minimum Gasteiger partial charge on any atom is -0.203 e. The molecule has 1 heterocycles. The van der Waals surface area contributed by atoms with Crippen LogP contribution in [0.4, 0.5) is 13.2 Å². The van der Waals surface area contributed by atoms with Crippen molar-refractivity contribution < 1.29 is 21.6 Å². The average molecular weight is 241 g/mol. The van der Waals surface area contributed by atoms with Gasteiger partial charge < -0.3 is 0 Å². The van der Waals surface area contributed by atoms with E-state index in [4.69, 9.17) is 0 Å². The number of hydrogen-bond donors (Lipinski definition) is 0. The zero-order valence-corrected chi connectivity index (χ0v) is 8.55. The van der Waals surface area contributed by atoms with E-state index in [1.807, 2.05) is 0 Å². The Bertz CT molecular complexity index is 389. The van der Waals surface area contributed by atoms with E-state index in [0.717, 1.165) is 19.3 Å². The Balaban J connectivity index is 1.89. The van der Waals surface area contributed by atoms with Crippen LogP contribution >= 0.6 is 0 Å². The molecule has 3 rings (SSSR count). The molecule has 1 aliphatic heterocycles. The first-order valence-electron chi connectivity index (χ1n) is 4.94. The van der Waals surface area contributed by atoms with Crippen LogP contribution in [0.1, 0.15) is 19.3 Å². The van der Waals surface area contributed by atoms with E-state index < -0.39 is 15.5 Å². The first-order valence-corrected chi connectivity index (χ1v) is 6.38. The molecule has 2 aliphatic carbocycles. The van der Waals surface area contributed by atoms with Crippen molar-refractivity contribution in [2.75, 3.05) is 0 Å². The van der Waals surface area contributed by atoms with Gasteiger partial charge in [0.2, 0.25) is 0 Å². The summed E-state index contributed by atoms with van der Waals surface area (Å²) in [5.41, 5.74) is -5.13. The van der Waals surface area contributed by atoms with Gasteiger partial charge >= 0.3 is 15.5 Å². The van der Waals surface area contributed by atoms with Gasteiger partial charge in [-0.15, -0.1) is 0 Å². The summed E-state index contributed by atoms with van der Waals surface area (Å²) in [6.45, 7) is 0. The van der Waals surface area contributed by atoms with Crippen LogP contribution in [0.25, 0.3) is 0 Å². The summed E-state index contributed by atoms with van der Waals surface area (Å²) in [6.07, 6.45) is 2.69. The molecule has 0 spiro atoms. The van der Waals surface area contributed by atoms with Gasteiger partial charge in [0.25, 0.3) is 0 Å². The third-order valence-electron chi connectivity index (χ3n) is 3.90. The first-order chi connectivity index (χ1) is 6.84. The Morgan fingerprint density at radius 3 is 1.93 bits per heavy atom. The molecule has 0 aromatic rings. The van der Waals surface area contributed by atoms with Crippen LogP contribution in [0.2, 0.25) is 0 Å². The van der Waals surface area contributed by atoms with Crippen LogP contribution in [0.3, 0.4) is 0 Å². The van der Waals surface area contributed by atoms with Gasteiger partial charge in [0.05, 0.1) is 0 Å². The van der Waals surface area contributed by atoms with Crippen molar-refractivity contribution in [2.24, 2.45) is 11.8 Å². The normalized spacial score (nSPS) is 48.1. The molecule has 0 aromatic heterocycles. The van der Waals surface area contributed by atoms with E-state index >= 15 is 0 Å². The summed E-state index contributed by atoms with van der Waals surface area (Å²) in [4.78, 5) is 0. The predicted octanol–water partition coefficient (Wildman–Crippen LogP) is 1.32. The maximum Gasteiger partial charge on any atom is 0.511 e. The Labute approximate surface area is 85.3 Å². The standard InChI is InChI=1S/C8H10F3NO2S/c9-8(10,11)15(13,14)12-6-4-1-2-5(3-4)7(6)12/h4-7H,1-3H2/t4-,5+,6?,7?,12?. The van der Waals surface area contributed by atoms with Crippen molar-refractivity contribution in [1.82, 2.24) is 4.31 Å². The number of rotatable bonds is 1. The molecule has 2 bridgehead atoms. The highest BCUT2D eigenvalue weighted by Crippen LogP contribution is 2.60. The number of sulfonamides is 1. The smallest absolute Gasteiger partial charge is 0.203 e. The molecule has 3 unspecified atom stereocenters. The van der Waals surface area contributed by atoms with E-state index in [9.17, 15) is 21.6 Å². The lowest BCUT2D eigenvalue weighted by Crippen LogP contribution is -2.33. The number of halogens is 3. The number of fused-ring (bicyclic) bond motifs is 5. The van der Waals surface area contributed by atoms with Gasteiger partial charge in [0, 0.05) is 12.1 Å². The Morgan fingerprint density at radius 1 is 1.07 bits per heavy atom. The summed E-state index contributed by atoms with van der Waals surface area (Å²) in [5.74, 6) is 0.356. The third kappa shape index (κ3) is 1.08. The Hall–Kier alpha value is -0.300. The summed E-state index contributed by atoms with van der Waals surface area (Å²) in [6, 6.07) is -0.675. The van der Waals surface area contributed by atoms with E-state index in [0.29, 0.717) is 4.31 Å². The molecule has 0 N–H and O–H groups in total. The SMILES string of the molecule is O=S(=O)(N1C2C1[C@H]1CC[C@@H]2C1)C(F)(F)F. The highest BCUT2D eigenvalue weighted by Gasteiger charge is 2.72. The zero-order valence-electron chi connectivity index (χ0n) is 7.74. The molecule has 3 nitrogen and oxygen atoms in total. The largest absolute Gasteiger partial charge is 0.511 e. The van der Waals surface area contributed by atoms with Gasteiger partial charge in [-0.2, -0.15) is 17.5 Å². The van der Waals surface area contributed by atoms with Gasteiger partial charge in [-0.05, 0) is 31.1 Å². The maximum atomic E-state index is 12.3. The van der Waals surface area contributed by atoms with Crippen LogP contribution in [0.5, 0.6) is 0 Å². The zero-order chi connectivity index (χ0) is 11.0. The van der Waals surface area contributed by atoms with Crippen LogP contribution in [0, 0.1) is 11.8 Å². The molecule has 0 amide bonds. The third-order valence-corrected chi connectivity index (χ3v) is 5.52. The fraction of sp³-hybridized carbons (Fsp3) is 1.00. The van der Waals surface area contributed by atoms with E-state index in [1.165, 1.54) is 0 Å². The molecule has 15 heavy (non-hydrogen) atoms. The van der Waals surface area contributed by atoms with Crippen LogP contribution < -0.4 is 0 Å². The van der Waals surface area contributed by atoms with Crippen LogP contribution in [-0.2, 0) is 10.0 Å². The second-order valence-corrected chi connectivity index (χ2v) is 6.43. The second-order valence-electron chi connectivity index (χ2n) is 4.60.